The van der Waals surface area contributed by atoms with E-state index in [1.807, 2.05) is 18.7 Å². The molecule has 0 aromatic rings. The Morgan fingerprint density at radius 3 is 2.38 bits per heavy atom. The summed E-state index contributed by atoms with van der Waals surface area (Å²) >= 11 is 0. The van der Waals surface area contributed by atoms with E-state index < -0.39 is 5.60 Å². The number of carbonyl (C=O) groups excluding carboxylic acids is 2. The molecule has 1 aliphatic rings. The zero-order valence-corrected chi connectivity index (χ0v) is 13.5. The molecule has 0 spiro atoms. The van der Waals surface area contributed by atoms with Crippen molar-refractivity contribution in [2.45, 2.75) is 52.1 Å². The molecule has 1 saturated heterocycles. The van der Waals surface area contributed by atoms with Crippen LogP contribution in [0.3, 0.4) is 0 Å². The summed E-state index contributed by atoms with van der Waals surface area (Å²) in [6.07, 6.45) is 3.10. The Morgan fingerprint density at radius 1 is 1.33 bits per heavy atom. The number of nitrogens with two attached hydrogens (primary N) is 1. The van der Waals surface area contributed by atoms with Gasteiger partial charge in [0, 0.05) is 25.6 Å². The second-order valence-electron chi connectivity index (χ2n) is 6.45. The van der Waals surface area contributed by atoms with E-state index in [2.05, 4.69) is 6.58 Å². The summed E-state index contributed by atoms with van der Waals surface area (Å²) in [7, 11) is 0. The topological polar surface area (TPSA) is 72.6 Å². The van der Waals surface area contributed by atoms with Crippen molar-refractivity contribution in [2.24, 2.45) is 11.7 Å². The Balaban J connectivity index is 2.40. The standard InChI is InChI=1S/C16H28N2O3/c1-12(15(20)21-16(3,4)7-8-17)11-14-5-9-18(10-6-14)13(2)19/h14H,1,5-11,17H2,2-4H3. The van der Waals surface area contributed by atoms with Crippen molar-refractivity contribution in [1.29, 1.82) is 0 Å². The Morgan fingerprint density at radius 2 is 1.90 bits per heavy atom. The first-order valence-electron chi connectivity index (χ1n) is 7.62. The van der Waals surface area contributed by atoms with E-state index in [9.17, 15) is 9.59 Å². The molecule has 5 heteroatoms. The van der Waals surface area contributed by atoms with E-state index in [0.717, 1.165) is 25.9 Å². The number of amides is 1. The molecule has 0 bridgehead atoms. The molecular formula is C16H28N2O3. The zero-order chi connectivity index (χ0) is 16.0. The molecule has 0 radical (unpaired) electrons. The monoisotopic (exact) mass is 296 g/mol. The van der Waals surface area contributed by atoms with Gasteiger partial charge in [0.1, 0.15) is 5.60 Å². The number of hydrogen-bond donors (Lipinski definition) is 1. The summed E-state index contributed by atoms with van der Waals surface area (Å²) in [6.45, 7) is 11.2. The summed E-state index contributed by atoms with van der Waals surface area (Å²) in [4.78, 5) is 25.2. The van der Waals surface area contributed by atoms with Crippen LogP contribution in [0.5, 0.6) is 0 Å². The van der Waals surface area contributed by atoms with Gasteiger partial charge >= 0.3 is 5.97 Å². The van der Waals surface area contributed by atoms with Crippen molar-refractivity contribution in [3.63, 3.8) is 0 Å². The molecule has 0 aromatic heterocycles. The third kappa shape index (κ3) is 5.87. The van der Waals surface area contributed by atoms with Crippen molar-refractivity contribution in [3.8, 4) is 0 Å². The second-order valence-corrected chi connectivity index (χ2v) is 6.45. The van der Waals surface area contributed by atoms with Crippen molar-refractivity contribution in [1.82, 2.24) is 4.90 Å². The quantitative estimate of drug-likeness (QED) is 0.600. The number of ether oxygens (including phenoxy) is 1. The molecule has 1 heterocycles. The molecule has 1 fully saturated rings. The largest absolute Gasteiger partial charge is 0.456 e. The normalized spacial score (nSPS) is 16.7. The van der Waals surface area contributed by atoms with Crippen LogP contribution in [-0.4, -0.2) is 42.0 Å². The van der Waals surface area contributed by atoms with E-state index in [1.54, 1.807) is 6.92 Å². The summed E-state index contributed by atoms with van der Waals surface area (Å²) in [5.41, 5.74) is 5.47. The Labute approximate surface area is 127 Å². The summed E-state index contributed by atoms with van der Waals surface area (Å²) in [5, 5.41) is 0. The van der Waals surface area contributed by atoms with Crippen molar-refractivity contribution < 1.29 is 14.3 Å². The molecule has 1 aliphatic heterocycles. The number of likely N-dealkylation sites (tertiary alicyclic amines) is 1. The van der Waals surface area contributed by atoms with E-state index in [-0.39, 0.29) is 11.9 Å². The fourth-order valence-electron chi connectivity index (χ4n) is 2.61. The number of hydrogen-bond acceptors (Lipinski definition) is 4. The number of carbonyl (C=O) groups is 2. The minimum Gasteiger partial charge on any atom is -0.456 e. The van der Waals surface area contributed by atoms with Crippen molar-refractivity contribution in [2.75, 3.05) is 19.6 Å². The van der Waals surface area contributed by atoms with E-state index >= 15 is 0 Å². The van der Waals surface area contributed by atoms with Crippen LogP contribution in [-0.2, 0) is 14.3 Å². The minimum atomic E-state index is -0.549. The van der Waals surface area contributed by atoms with Crippen LogP contribution in [0.1, 0.15) is 46.5 Å². The molecule has 120 valence electrons. The molecule has 5 nitrogen and oxygen atoms in total. The molecule has 0 unspecified atom stereocenters. The Kier molecular flexibility index (Phi) is 6.40. The average Bonchev–Trinajstić information content (AvgIpc) is 2.38. The fourth-order valence-corrected chi connectivity index (χ4v) is 2.61. The lowest BCUT2D eigenvalue weighted by molar-refractivity contribution is -0.152. The van der Waals surface area contributed by atoms with E-state index in [0.29, 0.717) is 30.9 Å². The number of esters is 1. The third-order valence-corrected chi connectivity index (χ3v) is 4.00. The minimum absolute atomic E-state index is 0.121. The van der Waals surface area contributed by atoms with Gasteiger partial charge < -0.3 is 15.4 Å². The van der Waals surface area contributed by atoms with Gasteiger partial charge in [-0.05, 0) is 52.0 Å². The van der Waals surface area contributed by atoms with Gasteiger partial charge in [0.2, 0.25) is 5.91 Å². The van der Waals surface area contributed by atoms with Gasteiger partial charge in [-0.3, -0.25) is 4.79 Å². The van der Waals surface area contributed by atoms with Gasteiger partial charge in [0.05, 0.1) is 0 Å². The predicted molar refractivity (Wildman–Crippen MR) is 82.6 cm³/mol. The molecule has 21 heavy (non-hydrogen) atoms. The number of nitrogens with zero attached hydrogens (tertiary/aromatic N) is 1. The Bertz CT molecular complexity index is 396. The number of rotatable bonds is 6. The van der Waals surface area contributed by atoms with Crippen LogP contribution in [0.15, 0.2) is 12.2 Å². The van der Waals surface area contributed by atoms with Crippen LogP contribution in [0.2, 0.25) is 0 Å². The molecule has 1 amide bonds. The Hall–Kier alpha value is -1.36. The third-order valence-electron chi connectivity index (χ3n) is 4.00. The van der Waals surface area contributed by atoms with E-state index in [1.165, 1.54) is 0 Å². The van der Waals surface area contributed by atoms with Gasteiger partial charge in [0.15, 0.2) is 0 Å². The highest BCUT2D eigenvalue weighted by molar-refractivity contribution is 5.88. The van der Waals surface area contributed by atoms with Crippen LogP contribution < -0.4 is 5.73 Å². The van der Waals surface area contributed by atoms with Gasteiger partial charge in [0.25, 0.3) is 0 Å². The smallest absolute Gasteiger partial charge is 0.333 e. The van der Waals surface area contributed by atoms with E-state index in [4.69, 9.17) is 10.5 Å². The lowest BCUT2D eigenvalue weighted by atomic mass is 9.90. The summed E-state index contributed by atoms with van der Waals surface area (Å²) in [5.74, 6) is 0.191. The van der Waals surface area contributed by atoms with Gasteiger partial charge in [-0.25, -0.2) is 4.79 Å². The van der Waals surface area contributed by atoms with Crippen LogP contribution >= 0.6 is 0 Å². The van der Waals surface area contributed by atoms with Gasteiger partial charge in [-0.1, -0.05) is 6.58 Å². The highest BCUT2D eigenvalue weighted by Crippen LogP contribution is 2.25. The lowest BCUT2D eigenvalue weighted by Crippen LogP contribution is -2.37. The summed E-state index contributed by atoms with van der Waals surface area (Å²) < 4.78 is 5.46. The SMILES string of the molecule is C=C(CC1CCN(C(C)=O)CC1)C(=O)OC(C)(C)CCN. The summed E-state index contributed by atoms with van der Waals surface area (Å²) in [6, 6.07) is 0. The first kappa shape index (κ1) is 17.7. The van der Waals surface area contributed by atoms with Crippen LogP contribution in [0.25, 0.3) is 0 Å². The zero-order valence-electron chi connectivity index (χ0n) is 13.5. The molecule has 2 N–H and O–H groups in total. The fraction of sp³-hybridized carbons (Fsp3) is 0.750. The van der Waals surface area contributed by atoms with Crippen LogP contribution in [0, 0.1) is 5.92 Å². The molecular weight excluding hydrogens is 268 g/mol. The average molecular weight is 296 g/mol. The molecule has 0 aromatic carbocycles. The molecule has 0 atom stereocenters. The van der Waals surface area contributed by atoms with Gasteiger partial charge in [-0.2, -0.15) is 0 Å². The molecule has 1 rings (SSSR count). The second kappa shape index (κ2) is 7.59. The van der Waals surface area contributed by atoms with Crippen molar-refractivity contribution in [3.05, 3.63) is 12.2 Å². The maximum absolute atomic E-state index is 12.1. The lowest BCUT2D eigenvalue weighted by Gasteiger charge is -2.32. The van der Waals surface area contributed by atoms with Gasteiger partial charge in [-0.15, -0.1) is 0 Å². The first-order chi connectivity index (χ1) is 9.75. The first-order valence-corrected chi connectivity index (χ1v) is 7.62. The number of piperidine rings is 1. The molecule has 0 saturated carbocycles. The maximum Gasteiger partial charge on any atom is 0.333 e. The predicted octanol–water partition coefficient (Wildman–Crippen LogP) is 1.86. The maximum atomic E-state index is 12.1. The highest BCUT2D eigenvalue weighted by atomic mass is 16.6. The van der Waals surface area contributed by atoms with Crippen molar-refractivity contribution >= 4 is 11.9 Å². The molecule has 0 aliphatic carbocycles. The highest BCUT2D eigenvalue weighted by Gasteiger charge is 2.26. The van der Waals surface area contributed by atoms with Crippen LogP contribution in [0.4, 0.5) is 0 Å².